The fourth-order valence-corrected chi connectivity index (χ4v) is 3.47. The number of carbonyl (C=O) groups excluding carboxylic acids is 1. The lowest BCUT2D eigenvalue weighted by Gasteiger charge is -2.04. The van der Waals surface area contributed by atoms with E-state index in [0.717, 1.165) is 27.6 Å². The second-order valence-electron chi connectivity index (χ2n) is 7.82. The third-order valence-electron chi connectivity index (χ3n) is 5.39. The van der Waals surface area contributed by atoms with Gasteiger partial charge in [0.15, 0.2) is 11.5 Å². The molecule has 2 N–H and O–H groups in total. The monoisotopic (exact) mass is 450 g/mol. The maximum atomic E-state index is 12.5. The lowest BCUT2D eigenvalue weighted by molar-refractivity contribution is 0.0955. The van der Waals surface area contributed by atoms with Gasteiger partial charge in [0.25, 0.3) is 5.91 Å². The average Bonchev–Trinajstić information content (AvgIpc) is 3.50. The number of carbonyl (C=O) groups is 1. The van der Waals surface area contributed by atoms with Crippen LogP contribution in [0.2, 0.25) is 0 Å². The smallest absolute Gasteiger partial charge is 0.271 e. The molecule has 0 atom stereocenters. The average molecular weight is 450 g/mol. The van der Waals surface area contributed by atoms with Crippen LogP contribution in [0.4, 0.5) is 5.69 Å². The van der Waals surface area contributed by atoms with E-state index in [9.17, 15) is 4.79 Å². The Morgan fingerprint density at radius 3 is 1.79 bits per heavy atom. The second-order valence-corrected chi connectivity index (χ2v) is 7.82. The lowest BCUT2D eigenvalue weighted by Crippen LogP contribution is -2.19. The van der Waals surface area contributed by atoms with Crippen LogP contribution < -0.4 is 10.9 Å². The minimum Gasteiger partial charge on any atom is -0.455 e. The van der Waals surface area contributed by atoms with Gasteiger partial charge >= 0.3 is 0 Å². The molecule has 5 aromatic rings. The molecule has 34 heavy (non-hydrogen) atoms. The van der Waals surface area contributed by atoms with Gasteiger partial charge in [-0.1, -0.05) is 36.4 Å². The molecule has 0 unspecified atom stereocenters. The number of amides is 1. The van der Waals surface area contributed by atoms with E-state index < -0.39 is 0 Å². The van der Waals surface area contributed by atoms with Crippen molar-refractivity contribution in [2.45, 2.75) is 13.8 Å². The van der Waals surface area contributed by atoms with Gasteiger partial charge in [0.2, 0.25) is 0 Å². The van der Waals surface area contributed by atoms with Crippen molar-refractivity contribution >= 4 is 45.0 Å². The molecule has 3 aromatic carbocycles. The van der Waals surface area contributed by atoms with Gasteiger partial charge in [-0.3, -0.25) is 10.2 Å². The molecule has 168 valence electrons. The Hall–Kier alpha value is -4.65. The summed E-state index contributed by atoms with van der Waals surface area (Å²) in [5.41, 5.74) is 9.68. The number of fused-ring (bicyclic) bond motifs is 2. The van der Waals surface area contributed by atoms with Crippen LogP contribution in [0.25, 0.3) is 21.9 Å². The Labute approximate surface area is 195 Å². The molecular formula is C27H22N4O3. The van der Waals surface area contributed by atoms with E-state index in [1.165, 1.54) is 0 Å². The third kappa shape index (κ3) is 4.45. The van der Waals surface area contributed by atoms with E-state index >= 15 is 0 Å². The van der Waals surface area contributed by atoms with Crippen molar-refractivity contribution in [1.82, 2.24) is 5.43 Å². The fraction of sp³-hybridized carbons (Fsp3) is 0.0741. The topological polar surface area (TPSA) is 92.1 Å². The summed E-state index contributed by atoms with van der Waals surface area (Å²) in [6, 6.07) is 26.3. The summed E-state index contributed by atoms with van der Waals surface area (Å²) in [6.07, 6.45) is 0. The summed E-state index contributed by atoms with van der Waals surface area (Å²) in [5.74, 6) is 0.991. The predicted octanol–water partition coefficient (Wildman–Crippen LogP) is 6.17. The van der Waals surface area contributed by atoms with Gasteiger partial charge in [-0.05, 0) is 62.4 Å². The van der Waals surface area contributed by atoms with Gasteiger partial charge in [-0.15, -0.1) is 0 Å². The van der Waals surface area contributed by atoms with Crippen LogP contribution >= 0.6 is 0 Å². The number of benzene rings is 3. The van der Waals surface area contributed by atoms with Gasteiger partial charge < -0.3 is 8.83 Å². The minimum atomic E-state index is -0.316. The second kappa shape index (κ2) is 9.07. The van der Waals surface area contributed by atoms with Crippen LogP contribution in [0.5, 0.6) is 0 Å². The van der Waals surface area contributed by atoms with Gasteiger partial charge in [-0.25, -0.2) is 5.43 Å². The first-order valence-electron chi connectivity index (χ1n) is 10.8. The molecule has 7 heteroatoms. The summed E-state index contributed by atoms with van der Waals surface area (Å²) < 4.78 is 11.6. The number of rotatable bonds is 6. The molecule has 2 aromatic heterocycles. The van der Waals surface area contributed by atoms with Crippen molar-refractivity contribution in [1.29, 1.82) is 0 Å². The normalized spacial score (nSPS) is 12.3. The number of nitrogens with one attached hydrogen (secondary N) is 2. The van der Waals surface area contributed by atoms with Crippen molar-refractivity contribution in [3.63, 3.8) is 0 Å². The van der Waals surface area contributed by atoms with E-state index in [4.69, 9.17) is 8.83 Å². The van der Waals surface area contributed by atoms with E-state index in [1.54, 1.807) is 31.2 Å². The Kier molecular flexibility index (Phi) is 5.66. The van der Waals surface area contributed by atoms with Gasteiger partial charge in [0, 0.05) is 16.3 Å². The number of hydrogen-bond acceptors (Lipinski definition) is 6. The van der Waals surface area contributed by atoms with Crippen molar-refractivity contribution in [3.8, 4) is 0 Å². The minimum absolute atomic E-state index is 0.316. The van der Waals surface area contributed by atoms with Crippen LogP contribution in [0.1, 0.15) is 35.7 Å². The number of nitrogens with zero attached hydrogens (tertiary/aromatic N) is 2. The molecule has 0 spiro atoms. The van der Waals surface area contributed by atoms with Crippen molar-refractivity contribution in [2.75, 3.05) is 5.43 Å². The third-order valence-corrected chi connectivity index (χ3v) is 5.39. The quantitative estimate of drug-likeness (QED) is 0.239. The zero-order valence-electron chi connectivity index (χ0n) is 18.7. The highest BCUT2D eigenvalue weighted by Crippen LogP contribution is 2.20. The SMILES string of the molecule is C/C(=N\NC(=O)c1ccc(N/N=C(\C)c2cc3ccccc3o2)cc1)c1cc2ccccc2o1. The maximum Gasteiger partial charge on any atom is 0.271 e. The number of furan rings is 2. The summed E-state index contributed by atoms with van der Waals surface area (Å²) in [7, 11) is 0. The Morgan fingerprint density at radius 2 is 1.24 bits per heavy atom. The van der Waals surface area contributed by atoms with E-state index in [-0.39, 0.29) is 5.91 Å². The van der Waals surface area contributed by atoms with Gasteiger partial charge in [0.1, 0.15) is 22.6 Å². The molecule has 0 saturated heterocycles. The molecule has 0 aliphatic heterocycles. The summed E-state index contributed by atoms with van der Waals surface area (Å²) in [4.78, 5) is 12.5. The number of para-hydroxylation sites is 2. The van der Waals surface area contributed by atoms with E-state index in [1.807, 2.05) is 67.6 Å². The Morgan fingerprint density at radius 1 is 0.706 bits per heavy atom. The zero-order chi connectivity index (χ0) is 23.5. The Bertz CT molecular complexity index is 1480. The zero-order valence-corrected chi connectivity index (χ0v) is 18.7. The van der Waals surface area contributed by atoms with Gasteiger partial charge in [-0.2, -0.15) is 10.2 Å². The molecule has 0 radical (unpaired) electrons. The van der Waals surface area contributed by atoms with Crippen LogP contribution in [-0.4, -0.2) is 17.3 Å². The van der Waals surface area contributed by atoms with E-state index in [0.29, 0.717) is 28.5 Å². The largest absolute Gasteiger partial charge is 0.455 e. The molecule has 0 fully saturated rings. The van der Waals surface area contributed by atoms with Crippen molar-refractivity contribution in [2.24, 2.45) is 10.2 Å². The molecule has 5 rings (SSSR count). The fourth-order valence-electron chi connectivity index (χ4n) is 3.47. The summed E-state index contributed by atoms with van der Waals surface area (Å²) in [6.45, 7) is 3.65. The molecule has 0 aliphatic carbocycles. The number of hydrogen-bond donors (Lipinski definition) is 2. The molecule has 1 amide bonds. The molecule has 0 aliphatic rings. The van der Waals surface area contributed by atoms with Crippen molar-refractivity contribution in [3.05, 3.63) is 102 Å². The molecule has 7 nitrogen and oxygen atoms in total. The molecule has 2 heterocycles. The van der Waals surface area contributed by atoms with Crippen LogP contribution in [0, 0.1) is 0 Å². The first-order valence-corrected chi connectivity index (χ1v) is 10.8. The highest BCUT2D eigenvalue weighted by atomic mass is 16.3. The van der Waals surface area contributed by atoms with Crippen LogP contribution in [0.15, 0.2) is 104 Å². The van der Waals surface area contributed by atoms with E-state index in [2.05, 4.69) is 21.1 Å². The maximum absolute atomic E-state index is 12.5. The van der Waals surface area contributed by atoms with Crippen LogP contribution in [-0.2, 0) is 0 Å². The number of anilines is 1. The number of hydrazone groups is 2. The molecule has 0 bridgehead atoms. The first kappa shape index (κ1) is 21.2. The Balaban J connectivity index is 1.22. The predicted molar refractivity (Wildman–Crippen MR) is 134 cm³/mol. The standard InChI is InChI=1S/C27H22N4O3/c1-17(25-15-20-7-3-5-9-23(20)33-25)28-30-22-13-11-19(12-14-22)27(32)31-29-18(2)26-16-21-8-4-6-10-24(21)34-26/h3-16,30H,1-2H3,(H,31,32)/b28-17+,29-18+. The van der Waals surface area contributed by atoms with Gasteiger partial charge in [0.05, 0.1) is 5.69 Å². The first-order chi connectivity index (χ1) is 16.6. The summed E-state index contributed by atoms with van der Waals surface area (Å²) >= 11 is 0. The lowest BCUT2D eigenvalue weighted by atomic mass is 10.2. The van der Waals surface area contributed by atoms with Crippen LogP contribution in [0.3, 0.4) is 0 Å². The van der Waals surface area contributed by atoms with Crippen molar-refractivity contribution < 1.29 is 13.6 Å². The highest BCUT2D eigenvalue weighted by Gasteiger charge is 2.09. The highest BCUT2D eigenvalue weighted by molar-refractivity contribution is 6.02. The molecule has 0 saturated carbocycles. The summed E-state index contributed by atoms with van der Waals surface area (Å²) in [5, 5.41) is 10.6. The molecular weight excluding hydrogens is 428 g/mol.